The van der Waals surface area contributed by atoms with Crippen LogP contribution in [0.4, 0.5) is 0 Å². The number of amides is 1. The van der Waals surface area contributed by atoms with Crippen molar-refractivity contribution in [2.75, 3.05) is 6.54 Å². The number of hydrogen-bond acceptors (Lipinski definition) is 3. The van der Waals surface area contributed by atoms with Gasteiger partial charge in [-0.2, -0.15) is 0 Å². The summed E-state index contributed by atoms with van der Waals surface area (Å²) >= 11 is 3.25. The Balaban J connectivity index is 2.42. The minimum absolute atomic E-state index is 0.259. The Kier molecular flexibility index (Phi) is 5.58. The summed E-state index contributed by atoms with van der Waals surface area (Å²) in [6.45, 7) is 4.32. The molecule has 2 N–H and O–H groups in total. The molecule has 1 rings (SSSR count). The van der Waals surface area contributed by atoms with E-state index < -0.39 is 6.10 Å². The fourth-order valence-corrected chi connectivity index (χ4v) is 1.67. The quantitative estimate of drug-likeness (QED) is 0.874. The van der Waals surface area contributed by atoms with Crippen LogP contribution in [0.2, 0.25) is 0 Å². The Morgan fingerprint density at radius 1 is 1.53 bits per heavy atom. The number of carbonyl (C=O) groups is 1. The van der Waals surface area contributed by atoms with E-state index in [2.05, 4.69) is 26.2 Å². The molecule has 1 aromatic rings. The van der Waals surface area contributed by atoms with Crippen molar-refractivity contribution in [3.05, 3.63) is 28.5 Å². The lowest BCUT2D eigenvalue weighted by atomic mass is 10.1. The zero-order chi connectivity index (χ0) is 12.8. The van der Waals surface area contributed by atoms with Crippen LogP contribution < -0.4 is 5.32 Å². The third-order valence-electron chi connectivity index (χ3n) is 2.20. The second kappa shape index (κ2) is 6.71. The van der Waals surface area contributed by atoms with Gasteiger partial charge in [-0.05, 0) is 40.4 Å². The molecule has 5 heteroatoms. The fourth-order valence-electron chi connectivity index (χ4n) is 1.44. The third kappa shape index (κ3) is 5.28. The lowest BCUT2D eigenvalue weighted by molar-refractivity contribution is 0.0895. The summed E-state index contributed by atoms with van der Waals surface area (Å²) in [5, 5.41) is 12.3. The minimum Gasteiger partial charge on any atom is -0.391 e. The summed E-state index contributed by atoms with van der Waals surface area (Å²) in [4.78, 5) is 15.6. The van der Waals surface area contributed by atoms with Crippen molar-refractivity contribution in [1.29, 1.82) is 0 Å². The average Bonchev–Trinajstić information content (AvgIpc) is 2.26. The van der Waals surface area contributed by atoms with Crippen LogP contribution in [0.25, 0.3) is 0 Å². The first-order chi connectivity index (χ1) is 7.99. The van der Waals surface area contributed by atoms with Gasteiger partial charge in [-0.3, -0.25) is 4.79 Å². The predicted molar refractivity (Wildman–Crippen MR) is 69.7 cm³/mol. The number of aliphatic hydroxyl groups excluding tert-OH is 1. The third-order valence-corrected chi connectivity index (χ3v) is 2.67. The highest BCUT2D eigenvalue weighted by molar-refractivity contribution is 9.10. The lowest BCUT2D eigenvalue weighted by Gasteiger charge is -2.13. The maximum Gasteiger partial charge on any atom is 0.269 e. The number of rotatable bonds is 5. The molecule has 1 amide bonds. The molecule has 0 aliphatic carbocycles. The number of aliphatic hydroxyl groups is 1. The van der Waals surface area contributed by atoms with Crippen LogP contribution in [-0.2, 0) is 0 Å². The summed E-state index contributed by atoms with van der Waals surface area (Å²) in [7, 11) is 0. The van der Waals surface area contributed by atoms with Crippen LogP contribution in [-0.4, -0.2) is 28.6 Å². The molecular weight excluding hydrogens is 284 g/mol. The van der Waals surface area contributed by atoms with Gasteiger partial charge >= 0.3 is 0 Å². The van der Waals surface area contributed by atoms with Gasteiger partial charge in [0.15, 0.2) is 0 Å². The molecule has 0 aliphatic heterocycles. The molecule has 1 atom stereocenters. The second-order valence-electron chi connectivity index (χ2n) is 4.36. The highest BCUT2D eigenvalue weighted by Gasteiger charge is 2.11. The number of carbonyl (C=O) groups excluding carboxylic acids is 1. The van der Waals surface area contributed by atoms with E-state index in [1.165, 1.54) is 0 Å². The SMILES string of the molecule is CC(C)CC(O)CNC(=O)c1ccc(Br)cn1. The molecular formula is C12H17BrN2O2. The van der Waals surface area contributed by atoms with Crippen LogP contribution in [0.1, 0.15) is 30.8 Å². The van der Waals surface area contributed by atoms with Gasteiger partial charge < -0.3 is 10.4 Å². The summed E-state index contributed by atoms with van der Waals surface area (Å²) in [6, 6.07) is 3.39. The molecule has 0 aromatic carbocycles. The van der Waals surface area contributed by atoms with Crippen molar-refractivity contribution in [2.24, 2.45) is 5.92 Å². The van der Waals surface area contributed by atoms with Crippen molar-refractivity contribution in [1.82, 2.24) is 10.3 Å². The first kappa shape index (κ1) is 14.1. The molecule has 1 aromatic heterocycles. The van der Waals surface area contributed by atoms with Gasteiger partial charge in [0.2, 0.25) is 0 Å². The molecule has 0 saturated heterocycles. The largest absolute Gasteiger partial charge is 0.391 e. The van der Waals surface area contributed by atoms with E-state index in [4.69, 9.17) is 0 Å². The van der Waals surface area contributed by atoms with E-state index in [-0.39, 0.29) is 12.5 Å². The first-order valence-corrected chi connectivity index (χ1v) is 6.36. The minimum atomic E-state index is -0.505. The Hall–Kier alpha value is -0.940. The van der Waals surface area contributed by atoms with Gasteiger partial charge in [-0.15, -0.1) is 0 Å². The first-order valence-electron chi connectivity index (χ1n) is 5.57. The Morgan fingerprint density at radius 3 is 2.76 bits per heavy atom. The Morgan fingerprint density at radius 2 is 2.24 bits per heavy atom. The molecule has 0 saturated carbocycles. The molecule has 1 unspecified atom stereocenters. The molecule has 1 heterocycles. The van der Waals surface area contributed by atoms with Crippen molar-refractivity contribution in [3.63, 3.8) is 0 Å². The number of pyridine rings is 1. The van der Waals surface area contributed by atoms with E-state index in [1.807, 2.05) is 13.8 Å². The van der Waals surface area contributed by atoms with Gasteiger partial charge in [0.1, 0.15) is 5.69 Å². The molecule has 0 radical (unpaired) electrons. The summed E-state index contributed by atoms with van der Waals surface area (Å²) in [6.07, 6.45) is 1.74. The van der Waals surface area contributed by atoms with Crippen molar-refractivity contribution in [2.45, 2.75) is 26.4 Å². The molecule has 0 bridgehead atoms. The number of halogens is 1. The van der Waals surface area contributed by atoms with Crippen molar-refractivity contribution < 1.29 is 9.90 Å². The zero-order valence-electron chi connectivity index (χ0n) is 9.98. The molecule has 17 heavy (non-hydrogen) atoms. The fraction of sp³-hybridized carbons (Fsp3) is 0.500. The van der Waals surface area contributed by atoms with Crippen LogP contribution in [0.15, 0.2) is 22.8 Å². The number of aromatic nitrogens is 1. The maximum atomic E-state index is 11.6. The van der Waals surface area contributed by atoms with Crippen LogP contribution in [0.3, 0.4) is 0 Å². The van der Waals surface area contributed by atoms with Crippen molar-refractivity contribution >= 4 is 21.8 Å². The topological polar surface area (TPSA) is 62.2 Å². The van der Waals surface area contributed by atoms with E-state index >= 15 is 0 Å². The summed E-state index contributed by atoms with van der Waals surface area (Å²) in [5.74, 6) is 0.146. The molecule has 0 aliphatic rings. The molecule has 94 valence electrons. The Bertz CT molecular complexity index is 365. The van der Waals surface area contributed by atoms with Gasteiger partial charge in [0, 0.05) is 17.2 Å². The van der Waals surface area contributed by atoms with E-state index in [0.717, 1.165) is 4.47 Å². The van der Waals surface area contributed by atoms with Gasteiger partial charge in [0.05, 0.1) is 6.10 Å². The van der Waals surface area contributed by atoms with Gasteiger partial charge in [-0.25, -0.2) is 4.98 Å². The molecule has 4 nitrogen and oxygen atoms in total. The molecule has 0 spiro atoms. The van der Waals surface area contributed by atoms with Gasteiger partial charge in [-0.1, -0.05) is 13.8 Å². The monoisotopic (exact) mass is 300 g/mol. The second-order valence-corrected chi connectivity index (χ2v) is 5.27. The normalized spacial score (nSPS) is 12.5. The van der Waals surface area contributed by atoms with Crippen molar-refractivity contribution in [3.8, 4) is 0 Å². The number of hydrogen-bond donors (Lipinski definition) is 2. The van der Waals surface area contributed by atoms with Gasteiger partial charge in [0.25, 0.3) is 5.91 Å². The standard InChI is InChI=1S/C12H17BrN2O2/c1-8(2)5-10(16)7-15-12(17)11-4-3-9(13)6-14-11/h3-4,6,8,10,16H,5,7H2,1-2H3,(H,15,17). The van der Waals surface area contributed by atoms with E-state index in [9.17, 15) is 9.90 Å². The zero-order valence-corrected chi connectivity index (χ0v) is 11.6. The van der Waals surface area contributed by atoms with Crippen LogP contribution >= 0.6 is 15.9 Å². The number of nitrogens with zero attached hydrogens (tertiary/aromatic N) is 1. The highest BCUT2D eigenvalue weighted by Crippen LogP contribution is 2.07. The number of nitrogens with one attached hydrogen (secondary N) is 1. The summed E-state index contributed by atoms with van der Waals surface area (Å²) < 4.78 is 0.828. The Labute approximate surface area is 110 Å². The lowest BCUT2D eigenvalue weighted by Crippen LogP contribution is -2.33. The van der Waals surface area contributed by atoms with Crippen LogP contribution in [0, 0.1) is 5.92 Å². The highest BCUT2D eigenvalue weighted by atomic mass is 79.9. The van der Waals surface area contributed by atoms with Crippen LogP contribution in [0.5, 0.6) is 0 Å². The predicted octanol–water partition coefficient (Wildman–Crippen LogP) is 1.98. The average molecular weight is 301 g/mol. The molecule has 0 fully saturated rings. The summed E-state index contributed by atoms with van der Waals surface area (Å²) in [5.41, 5.74) is 0.352. The van der Waals surface area contributed by atoms with E-state index in [0.29, 0.717) is 18.0 Å². The van der Waals surface area contributed by atoms with E-state index in [1.54, 1.807) is 18.3 Å². The smallest absolute Gasteiger partial charge is 0.269 e. The maximum absolute atomic E-state index is 11.6.